The van der Waals surface area contributed by atoms with Gasteiger partial charge in [0.15, 0.2) is 5.69 Å². The van der Waals surface area contributed by atoms with Crippen molar-refractivity contribution in [3.63, 3.8) is 0 Å². The van der Waals surface area contributed by atoms with Crippen LogP contribution in [0.4, 0.5) is 0 Å². The number of hydrogen-bond donors (Lipinski definition) is 1. The maximum Gasteiger partial charge on any atom is 0.355 e. The summed E-state index contributed by atoms with van der Waals surface area (Å²) in [6.07, 6.45) is 0. The third kappa shape index (κ3) is 4.16. The van der Waals surface area contributed by atoms with E-state index in [9.17, 15) is 9.59 Å². The molecule has 0 bridgehead atoms. The molecular formula is C17H20N2O3S. The highest BCUT2D eigenvalue weighted by molar-refractivity contribution is 7.09. The standard InChI is InChI=1S/C17H20N2O3S/c1-11(2)15(16-18-14(10-23-16)17(21)22)19(12(3)20)9-13-7-5-4-6-8-13/h4-8,10-11,15H,9H2,1-3H3,(H,21,22). The Morgan fingerprint density at radius 3 is 2.39 bits per heavy atom. The van der Waals surface area contributed by atoms with E-state index in [0.717, 1.165) is 5.56 Å². The van der Waals surface area contributed by atoms with Crippen LogP contribution in [0.5, 0.6) is 0 Å². The molecule has 0 saturated heterocycles. The Balaban J connectivity index is 2.34. The van der Waals surface area contributed by atoms with Crippen molar-refractivity contribution in [2.24, 2.45) is 5.92 Å². The zero-order valence-electron chi connectivity index (χ0n) is 13.4. The number of nitrogens with zero attached hydrogens (tertiary/aromatic N) is 2. The number of carboxylic acids is 1. The highest BCUT2D eigenvalue weighted by atomic mass is 32.1. The lowest BCUT2D eigenvalue weighted by molar-refractivity contribution is -0.133. The van der Waals surface area contributed by atoms with Gasteiger partial charge >= 0.3 is 5.97 Å². The number of amides is 1. The Kier molecular flexibility index (Phi) is 5.50. The Morgan fingerprint density at radius 1 is 1.26 bits per heavy atom. The molecule has 6 heteroatoms. The van der Waals surface area contributed by atoms with Gasteiger partial charge in [-0.15, -0.1) is 11.3 Å². The number of benzene rings is 1. The van der Waals surface area contributed by atoms with Crippen LogP contribution in [0.25, 0.3) is 0 Å². The molecule has 0 radical (unpaired) electrons. The Bertz CT molecular complexity index is 682. The number of carbonyl (C=O) groups excluding carboxylic acids is 1. The van der Waals surface area contributed by atoms with Gasteiger partial charge < -0.3 is 10.0 Å². The molecule has 5 nitrogen and oxygen atoms in total. The van der Waals surface area contributed by atoms with Gasteiger partial charge in [-0.25, -0.2) is 9.78 Å². The van der Waals surface area contributed by atoms with Crippen LogP contribution in [0.15, 0.2) is 35.7 Å². The van der Waals surface area contributed by atoms with Crippen molar-refractivity contribution >= 4 is 23.2 Å². The molecule has 1 heterocycles. The van der Waals surface area contributed by atoms with Crippen LogP contribution in [-0.2, 0) is 11.3 Å². The largest absolute Gasteiger partial charge is 0.476 e. The molecule has 0 spiro atoms. The zero-order valence-corrected chi connectivity index (χ0v) is 14.2. The Morgan fingerprint density at radius 2 is 1.91 bits per heavy atom. The van der Waals surface area contributed by atoms with Crippen molar-refractivity contribution in [2.45, 2.75) is 33.4 Å². The molecule has 1 amide bonds. The Hall–Kier alpha value is -2.21. The first-order chi connectivity index (χ1) is 10.9. The fourth-order valence-electron chi connectivity index (χ4n) is 2.49. The third-order valence-corrected chi connectivity index (χ3v) is 4.48. The normalized spacial score (nSPS) is 12.2. The van der Waals surface area contributed by atoms with Gasteiger partial charge in [-0.05, 0) is 11.5 Å². The number of thiazole rings is 1. The van der Waals surface area contributed by atoms with Gasteiger partial charge in [0.25, 0.3) is 0 Å². The van der Waals surface area contributed by atoms with Crippen LogP contribution in [-0.4, -0.2) is 26.9 Å². The van der Waals surface area contributed by atoms with E-state index in [-0.39, 0.29) is 23.6 Å². The minimum Gasteiger partial charge on any atom is -0.476 e. The van der Waals surface area contributed by atoms with Crippen molar-refractivity contribution in [1.29, 1.82) is 0 Å². The Labute approximate surface area is 139 Å². The summed E-state index contributed by atoms with van der Waals surface area (Å²) in [6, 6.07) is 9.50. The summed E-state index contributed by atoms with van der Waals surface area (Å²) in [5.41, 5.74) is 1.06. The SMILES string of the molecule is CC(=O)N(Cc1ccccc1)C(c1nc(C(=O)O)cs1)C(C)C. The lowest BCUT2D eigenvalue weighted by atomic mass is 10.0. The first-order valence-electron chi connectivity index (χ1n) is 7.40. The van der Waals surface area contributed by atoms with Gasteiger partial charge in [-0.2, -0.15) is 0 Å². The van der Waals surface area contributed by atoms with Crippen LogP contribution in [0, 0.1) is 5.92 Å². The molecule has 1 atom stereocenters. The fraction of sp³-hybridized carbons (Fsp3) is 0.353. The number of rotatable bonds is 6. The molecule has 0 aliphatic rings. The molecule has 1 N–H and O–H groups in total. The van der Waals surface area contributed by atoms with E-state index in [2.05, 4.69) is 4.98 Å². The average molecular weight is 332 g/mol. The van der Waals surface area contributed by atoms with E-state index >= 15 is 0 Å². The van der Waals surface area contributed by atoms with Crippen molar-refractivity contribution in [3.8, 4) is 0 Å². The molecule has 1 aromatic heterocycles. The third-order valence-electron chi connectivity index (χ3n) is 3.56. The van der Waals surface area contributed by atoms with Crippen LogP contribution in [0.2, 0.25) is 0 Å². The van der Waals surface area contributed by atoms with E-state index in [1.165, 1.54) is 23.6 Å². The summed E-state index contributed by atoms with van der Waals surface area (Å²) < 4.78 is 0. The molecule has 0 saturated carbocycles. The summed E-state index contributed by atoms with van der Waals surface area (Å²) in [6.45, 7) is 6.02. The summed E-state index contributed by atoms with van der Waals surface area (Å²) in [7, 11) is 0. The summed E-state index contributed by atoms with van der Waals surface area (Å²) in [5.74, 6) is -0.984. The van der Waals surface area contributed by atoms with Gasteiger partial charge in [0.2, 0.25) is 5.91 Å². The van der Waals surface area contributed by atoms with E-state index in [1.54, 1.807) is 4.90 Å². The molecule has 23 heavy (non-hydrogen) atoms. The van der Waals surface area contributed by atoms with Crippen molar-refractivity contribution in [3.05, 3.63) is 52.0 Å². The maximum atomic E-state index is 12.2. The lowest BCUT2D eigenvalue weighted by Crippen LogP contribution is -2.35. The summed E-state index contributed by atoms with van der Waals surface area (Å²) in [4.78, 5) is 29.2. The van der Waals surface area contributed by atoms with Crippen LogP contribution < -0.4 is 0 Å². The lowest BCUT2D eigenvalue weighted by Gasteiger charge is -2.32. The van der Waals surface area contributed by atoms with Crippen molar-refractivity contribution in [1.82, 2.24) is 9.88 Å². The van der Waals surface area contributed by atoms with E-state index in [4.69, 9.17) is 5.11 Å². The molecule has 0 aliphatic carbocycles. The van der Waals surface area contributed by atoms with Crippen LogP contribution in [0.3, 0.4) is 0 Å². The molecule has 1 unspecified atom stereocenters. The molecule has 1 aromatic carbocycles. The molecule has 2 rings (SSSR count). The van der Waals surface area contributed by atoms with Gasteiger partial charge in [-0.3, -0.25) is 4.79 Å². The van der Waals surface area contributed by atoms with Crippen LogP contribution in [0.1, 0.15) is 47.9 Å². The summed E-state index contributed by atoms with van der Waals surface area (Å²) in [5, 5.41) is 11.2. The molecule has 0 aliphatic heterocycles. The number of aromatic nitrogens is 1. The predicted octanol–water partition coefficient (Wildman–Crippen LogP) is 3.59. The summed E-state index contributed by atoms with van der Waals surface area (Å²) >= 11 is 1.28. The van der Waals surface area contributed by atoms with Gasteiger partial charge in [0.05, 0.1) is 6.04 Å². The predicted molar refractivity (Wildman–Crippen MR) is 89.3 cm³/mol. The number of aromatic carboxylic acids is 1. The monoisotopic (exact) mass is 332 g/mol. The zero-order chi connectivity index (χ0) is 17.0. The van der Waals surface area contributed by atoms with Crippen molar-refractivity contribution in [2.75, 3.05) is 0 Å². The first-order valence-corrected chi connectivity index (χ1v) is 8.28. The highest BCUT2D eigenvalue weighted by Gasteiger charge is 2.29. The molecule has 0 fully saturated rings. The molecular weight excluding hydrogens is 312 g/mol. The highest BCUT2D eigenvalue weighted by Crippen LogP contribution is 2.32. The maximum absolute atomic E-state index is 12.2. The average Bonchev–Trinajstić information content (AvgIpc) is 2.97. The van der Waals surface area contributed by atoms with Gasteiger partial charge in [-0.1, -0.05) is 44.2 Å². The van der Waals surface area contributed by atoms with Crippen LogP contribution >= 0.6 is 11.3 Å². The number of hydrogen-bond acceptors (Lipinski definition) is 4. The first kappa shape index (κ1) is 17.1. The minimum absolute atomic E-state index is 0.0267. The second kappa shape index (κ2) is 7.37. The number of carbonyl (C=O) groups is 2. The van der Waals surface area contributed by atoms with Gasteiger partial charge in [0, 0.05) is 18.8 Å². The second-order valence-electron chi connectivity index (χ2n) is 5.70. The van der Waals surface area contributed by atoms with E-state index in [1.807, 2.05) is 44.2 Å². The quantitative estimate of drug-likeness (QED) is 0.877. The molecule has 2 aromatic rings. The topological polar surface area (TPSA) is 70.5 Å². The fourth-order valence-corrected chi connectivity index (χ4v) is 3.56. The number of carboxylic acid groups (broad SMARTS) is 1. The van der Waals surface area contributed by atoms with E-state index < -0.39 is 5.97 Å². The minimum atomic E-state index is -1.05. The van der Waals surface area contributed by atoms with E-state index in [0.29, 0.717) is 11.6 Å². The van der Waals surface area contributed by atoms with Gasteiger partial charge in [0.1, 0.15) is 5.01 Å². The second-order valence-corrected chi connectivity index (χ2v) is 6.59. The smallest absolute Gasteiger partial charge is 0.355 e. The molecule has 122 valence electrons. The van der Waals surface area contributed by atoms with Crippen molar-refractivity contribution < 1.29 is 14.7 Å².